The molecule has 1 rings (SSSR count). The Morgan fingerprint density at radius 3 is 2.53 bits per heavy atom. The minimum atomic E-state index is -0.0116. The highest BCUT2D eigenvalue weighted by Crippen LogP contribution is 2.37. The molecule has 2 nitrogen and oxygen atoms in total. The minimum absolute atomic E-state index is 0.0116. The molecule has 0 bridgehead atoms. The van der Waals surface area contributed by atoms with Gasteiger partial charge in [-0.3, -0.25) is 0 Å². The van der Waals surface area contributed by atoms with Crippen molar-refractivity contribution < 1.29 is 10.2 Å². The third-order valence-electron chi connectivity index (χ3n) is 2.88. The van der Waals surface area contributed by atoms with Crippen molar-refractivity contribution in [3.05, 3.63) is 23.8 Å². The highest BCUT2D eigenvalue weighted by molar-refractivity contribution is 5.46. The maximum absolute atomic E-state index is 9.75. The Balaban J connectivity index is 2.86. The van der Waals surface area contributed by atoms with Crippen molar-refractivity contribution in [2.24, 2.45) is 0 Å². The summed E-state index contributed by atoms with van der Waals surface area (Å²) in [7, 11) is 0. The van der Waals surface area contributed by atoms with Crippen molar-refractivity contribution in [3.8, 4) is 11.5 Å². The maximum atomic E-state index is 9.75. The molecule has 0 spiro atoms. The number of para-hydroxylation sites is 1. The van der Waals surface area contributed by atoms with Gasteiger partial charge in [0.25, 0.3) is 0 Å². The zero-order valence-electron chi connectivity index (χ0n) is 9.53. The van der Waals surface area contributed by atoms with Gasteiger partial charge in [-0.25, -0.2) is 0 Å². The van der Waals surface area contributed by atoms with E-state index in [9.17, 15) is 10.2 Å². The second-order valence-corrected chi connectivity index (χ2v) is 3.96. The quantitative estimate of drug-likeness (QED) is 0.723. The lowest BCUT2D eigenvalue weighted by molar-refractivity contribution is 0.392. The number of phenols is 2. The molecule has 0 amide bonds. The summed E-state index contributed by atoms with van der Waals surface area (Å²) in [6.07, 6.45) is 4.39. The van der Waals surface area contributed by atoms with Crippen LogP contribution in [0.4, 0.5) is 0 Å². The van der Waals surface area contributed by atoms with Crippen molar-refractivity contribution in [1.29, 1.82) is 0 Å². The Morgan fingerprint density at radius 2 is 1.93 bits per heavy atom. The summed E-state index contributed by atoms with van der Waals surface area (Å²) < 4.78 is 0. The Labute approximate surface area is 91.6 Å². The molecule has 0 fully saturated rings. The number of rotatable bonds is 5. The van der Waals surface area contributed by atoms with E-state index in [1.54, 1.807) is 6.07 Å². The SMILES string of the molecule is CCCCC(CC)c1cccc(O)c1O. The fraction of sp³-hybridized carbons (Fsp3) is 0.538. The molecule has 1 atom stereocenters. The zero-order valence-corrected chi connectivity index (χ0v) is 9.53. The first kappa shape index (κ1) is 11.9. The van der Waals surface area contributed by atoms with E-state index in [1.807, 2.05) is 6.07 Å². The summed E-state index contributed by atoms with van der Waals surface area (Å²) in [5.74, 6) is 0.403. The van der Waals surface area contributed by atoms with Crippen LogP contribution in [0.25, 0.3) is 0 Å². The van der Waals surface area contributed by atoms with Crippen LogP contribution in [0.1, 0.15) is 51.0 Å². The Morgan fingerprint density at radius 1 is 1.20 bits per heavy atom. The number of benzene rings is 1. The second-order valence-electron chi connectivity index (χ2n) is 3.96. The lowest BCUT2D eigenvalue weighted by Crippen LogP contribution is -1.97. The second kappa shape index (κ2) is 5.64. The van der Waals surface area contributed by atoms with E-state index < -0.39 is 0 Å². The molecule has 0 saturated carbocycles. The van der Waals surface area contributed by atoms with Gasteiger partial charge in [0.05, 0.1) is 0 Å². The summed E-state index contributed by atoms with van der Waals surface area (Å²) in [6.45, 7) is 4.28. The smallest absolute Gasteiger partial charge is 0.160 e. The van der Waals surface area contributed by atoms with Gasteiger partial charge in [0.2, 0.25) is 0 Å². The van der Waals surface area contributed by atoms with Crippen molar-refractivity contribution >= 4 is 0 Å². The monoisotopic (exact) mass is 208 g/mol. The molecular weight excluding hydrogens is 188 g/mol. The average molecular weight is 208 g/mol. The third-order valence-corrected chi connectivity index (χ3v) is 2.88. The van der Waals surface area contributed by atoms with Gasteiger partial charge < -0.3 is 10.2 Å². The molecule has 2 heteroatoms. The van der Waals surface area contributed by atoms with Crippen LogP contribution >= 0.6 is 0 Å². The van der Waals surface area contributed by atoms with E-state index in [0.29, 0.717) is 5.92 Å². The summed E-state index contributed by atoms with van der Waals surface area (Å²) >= 11 is 0. The number of hydrogen-bond acceptors (Lipinski definition) is 2. The van der Waals surface area contributed by atoms with Crippen LogP contribution in [0.5, 0.6) is 11.5 Å². The van der Waals surface area contributed by atoms with Gasteiger partial charge >= 0.3 is 0 Å². The van der Waals surface area contributed by atoms with Crippen molar-refractivity contribution in [1.82, 2.24) is 0 Å². The number of unbranched alkanes of at least 4 members (excludes halogenated alkanes) is 1. The first-order valence-corrected chi connectivity index (χ1v) is 5.71. The molecule has 84 valence electrons. The zero-order chi connectivity index (χ0) is 11.3. The first-order valence-electron chi connectivity index (χ1n) is 5.71. The molecule has 0 aliphatic heterocycles. The molecule has 0 aliphatic rings. The Bertz CT molecular complexity index is 307. The van der Waals surface area contributed by atoms with Crippen LogP contribution in [0.2, 0.25) is 0 Å². The Hall–Kier alpha value is -1.18. The van der Waals surface area contributed by atoms with Crippen LogP contribution < -0.4 is 0 Å². The summed E-state index contributed by atoms with van der Waals surface area (Å²) in [4.78, 5) is 0. The van der Waals surface area contributed by atoms with E-state index in [4.69, 9.17) is 0 Å². The van der Waals surface area contributed by atoms with Crippen LogP contribution in [0, 0.1) is 0 Å². The van der Waals surface area contributed by atoms with Gasteiger partial charge in [0.15, 0.2) is 11.5 Å². The van der Waals surface area contributed by atoms with Gasteiger partial charge in [0.1, 0.15) is 0 Å². The molecular formula is C13H20O2. The first-order chi connectivity index (χ1) is 7.20. The lowest BCUT2D eigenvalue weighted by Gasteiger charge is -2.16. The normalized spacial score (nSPS) is 12.7. The fourth-order valence-electron chi connectivity index (χ4n) is 1.91. The molecule has 0 aromatic heterocycles. The predicted octanol–water partition coefficient (Wildman–Crippen LogP) is 3.78. The highest BCUT2D eigenvalue weighted by Gasteiger charge is 2.14. The molecule has 1 unspecified atom stereocenters. The highest BCUT2D eigenvalue weighted by atomic mass is 16.3. The summed E-state index contributed by atoms with van der Waals surface area (Å²) in [5, 5.41) is 19.2. The standard InChI is InChI=1S/C13H20O2/c1-3-5-7-10(4-2)11-8-6-9-12(14)13(11)15/h6,8-10,14-15H,3-5,7H2,1-2H3. The number of aromatic hydroxyl groups is 2. The van der Waals surface area contributed by atoms with Crippen molar-refractivity contribution in [2.75, 3.05) is 0 Å². The van der Waals surface area contributed by atoms with Gasteiger partial charge in [-0.05, 0) is 24.8 Å². The summed E-state index contributed by atoms with van der Waals surface area (Å²) in [5.41, 5.74) is 0.881. The van der Waals surface area contributed by atoms with Crippen LogP contribution in [-0.4, -0.2) is 10.2 Å². The van der Waals surface area contributed by atoms with Crippen LogP contribution in [-0.2, 0) is 0 Å². The van der Waals surface area contributed by atoms with Crippen LogP contribution in [0.15, 0.2) is 18.2 Å². The third kappa shape index (κ3) is 2.88. The van der Waals surface area contributed by atoms with Crippen molar-refractivity contribution in [3.63, 3.8) is 0 Å². The van der Waals surface area contributed by atoms with Gasteiger partial charge in [0, 0.05) is 5.56 Å². The molecule has 2 N–H and O–H groups in total. The molecule has 15 heavy (non-hydrogen) atoms. The average Bonchev–Trinajstić information content (AvgIpc) is 2.25. The Kier molecular flexibility index (Phi) is 4.47. The van der Waals surface area contributed by atoms with E-state index in [2.05, 4.69) is 13.8 Å². The van der Waals surface area contributed by atoms with Gasteiger partial charge in [-0.15, -0.1) is 0 Å². The van der Waals surface area contributed by atoms with Gasteiger partial charge in [-0.2, -0.15) is 0 Å². The molecule has 0 heterocycles. The summed E-state index contributed by atoms with van der Waals surface area (Å²) in [6, 6.07) is 5.21. The van der Waals surface area contributed by atoms with E-state index in [0.717, 1.165) is 31.2 Å². The number of hydrogen-bond donors (Lipinski definition) is 2. The molecule has 1 aromatic rings. The maximum Gasteiger partial charge on any atom is 0.160 e. The fourth-order valence-corrected chi connectivity index (χ4v) is 1.91. The van der Waals surface area contributed by atoms with E-state index in [1.165, 1.54) is 6.07 Å². The van der Waals surface area contributed by atoms with Crippen LogP contribution in [0.3, 0.4) is 0 Å². The molecule has 0 aliphatic carbocycles. The predicted molar refractivity (Wildman–Crippen MR) is 62.3 cm³/mol. The van der Waals surface area contributed by atoms with Gasteiger partial charge in [-0.1, -0.05) is 38.8 Å². The molecule has 0 saturated heterocycles. The topological polar surface area (TPSA) is 40.5 Å². The molecule has 1 aromatic carbocycles. The molecule has 0 radical (unpaired) electrons. The largest absolute Gasteiger partial charge is 0.504 e. The van der Waals surface area contributed by atoms with Crippen molar-refractivity contribution in [2.45, 2.75) is 45.4 Å². The minimum Gasteiger partial charge on any atom is -0.504 e. The van der Waals surface area contributed by atoms with E-state index in [-0.39, 0.29) is 11.5 Å². The number of phenolic OH excluding ortho intramolecular Hbond substituents is 2. The van der Waals surface area contributed by atoms with E-state index >= 15 is 0 Å². The lowest BCUT2D eigenvalue weighted by atomic mass is 9.90.